The van der Waals surface area contributed by atoms with E-state index in [1.807, 2.05) is 80.6 Å². The molecule has 3 heterocycles. The molecule has 1 atom stereocenters. The number of rotatable bonds is 5. The first-order valence-electron chi connectivity index (χ1n) is 12.1. The van der Waals surface area contributed by atoms with Crippen LogP contribution in [0.1, 0.15) is 23.6 Å². The predicted molar refractivity (Wildman–Crippen MR) is 147 cm³/mol. The lowest BCUT2D eigenvalue weighted by Gasteiger charge is -2.15. The van der Waals surface area contributed by atoms with Gasteiger partial charge in [0, 0.05) is 23.4 Å². The highest BCUT2D eigenvalue weighted by Gasteiger charge is 2.30. The third-order valence-corrected chi connectivity index (χ3v) is 7.76. The van der Waals surface area contributed by atoms with Gasteiger partial charge in [-0.2, -0.15) is 5.10 Å². The zero-order valence-corrected chi connectivity index (χ0v) is 21.3. The van der Waals surface area contributed by atoms with Crippen molar-refractivity contribution in [2.45, 2.75) is 31.5 Å². The van der Waals surface area contributed by atoms with Crippen molar-refractivity contribution in [3.63, 3.8) is 0 Å². The Morgan fingerprint density at radius 2 is 1.84 bits per heavy atom. The van der Waals surface area contributed by atoms with Gasteiger partial charge in [-0.05, 0) is 37.1 Å². The lowest BCUT2D eigenvalue weighted by atomic mass is 10.0. The number of thioether (sulfide) groups is 1. The van der Waals surface area contributed by atoms with Crippen LogP contribution >= 0.6 is 11.8 Å². The quantitative estimate of drug-likeness (QED) is 0.316. The monoisotopic (exact) mass is 507 g/mol. The zero-order chi connectivity index (χ0) is 25.5. The Hall–Kier alpha value is -4.17. The molecule has 6 rings (SSSR count). The average molecular weight is 508 g/mol. The third-order valence-electron chi connectivity index (χ3n) is 6.66. The molecule has 1 unspecified atom stereocenters. The van der Waals surface area contributed by atoms with Crippen molar-refractivity contribution in [3.05, 3.63) is 100 Å². The summed E-state index contributed by atoms with van der Waals surface area (Å²) in [5.74, 6) is 0.472. The summed E-state index contributed by atoms with van der Waals surface area (Å²) in [7, 11) is 0. The Morgan fingerprint density at radius 1 is 1.05 bits per heavy atom. The second kappa shape index (κ2) is 9.37. The maximum atomic E-state index is 13.5. The van der Waals surface area contributed by atoms with Crippen LogP contribution in [0.2, 0.25) is 0 Å². The highest BCUT2D eigenvalue weighted by atomic mass is 32.2. The van der Waals surface area contributed by atoms with Crippen LogP contribution in [0.3, 0.4) is 0 Å². The van der Waals surface area contributed by atoms with E-state index in [-0.39, 0.29) is 23.9 Å². The van der Waals surface area contributed by atoms with Gasteiger partial charge in [-0.1, -0.05) is 78.0 Å². The first-order valence-corrected chi connectivity index (χ1v) is 13.1. The predicted octanol–water partition coefficient (Wildman–Crippen LogP) is 5.54. The van der Waals surface area contributed by atoms with Crippen LogP contribution in [0.4, 0.5) is 5.69 Å². The van der Waals surface area contributed by atoms with Crippen LogP contribution in [0.5, 0.6) is 0 Å². The standard InChI is InChI=1S/C29H25N5O2S/c1-18-12-13-25(19(2)14-18)34-27-23(16-30-34)28(36)33-21(17-37-29(33)32-27)15-26(35)31-24-11-7-6-10-22(24)20-8-4-3-5-9-20/h3-14,16,21H,15,17H2,1-2H3,(H,31,35). The highest BCUT2D eigenvalue weighted by Crippen LogP contribution is 2.34. The fourth-order valence-corrected chi connectivity index (χ4v) is 6.01. The van der Waals surface area contributed by atoms with Gasteiger partial charge in [-0.15, -0.1) is 0 Å². The van der Waals surface area contributed by atoms with Crippen molar-refractivity contribution >= 4 is 34.4 Å². The second-order valence-electron chi connectivity index (χ2n) is 9.28. The number of carbonyl (C=O) groups excluding carboxylic acids is 1. The van der Waals surface area contributed by atoms with Crippen molar-refractivity contribution in [2.24, 2.45) is 0 Å². The first-order chi connectivity index (χ1) is 18.0. The van der Waals surface area contributed by atoms with Crippen molar-refractivity contribution in [1.82, 2.24) is 19.3 Å². The summed E-state index contributed by atoms with van der Waals surface area (Å²) in [5.41, 5.74) is 6.23. The van der Waals surface area contributed by atoms with Crippen molar-refractivity contribution < 1.29 is 4.79 Å². The van der Waals surface area contributed by atoms with E-state index in [4.69, 9.17) is 4.98 Å². The number of amides is 1. The molecule has 37 heavy (non-hydrogen) atoms. The molecule has 0 fully saturated rings. The topological polar surface area (TPSA) is 81.8 Å². The molecule has 1 N–H and O–H groups in total. The molecule has 3 aromatic carbocycles. The fourth-order valence-electron chi connectivity index (χ4n) is 4.88. The number of aromatic nitrogens is 4. The molecule has 1 aliphatic heterocycles. The van der Waals surface area contributed by atoms with Crippen LogP contribution in [-0.4, -0.2) is 31.0 Å². The van der Waals surface area contributed by atoms with Gasteiger partial charge in [0.15, 0.2) is 10.8 Å². The van der Waals surface area contributed by atoms with Gasteiger partial charge in [0.05, 0.1) is 17.9 Å². The van der Waals surface area contributed by atoms with Gasteiger partial charge < -0.3 is 5.32 Å². The Balaban J connectivity index is 1.28. The molecule has 1 amide bonds. The number of aryl methyl sites for hydroxylation is 2. The average Bonchev–Trinajstić information content (AvgIpc) is 3.50. The number of benzene rings is 3. The fraction of sp³-hybridized carbons (Fsp3) is 0.172. The molecule has 5 aromatic rings. The van der Waals surface area contributed by atoms with E-state index in [1.54, 1.807) is 15.4 Å². The molecule has 2 aromatic heterocycles. The summed E-state index contributed by atoms with van der Waals surface area (Å²) < 4.78 is 3.39. The highest BCUT2D eigenvalue weighted by molar-refractivity contribution is 7.99. The van der Waals surface area contributed by atoms with Crippen LogP contribution in [0.15, 0.2) is 88.9 Å². The number of hydrogen-bond donors (Lipinski definition) is 1. The summed E-state index contributed by atoms with van der Waals surface area (Å²) in [4.78, 5) is 31.4. The maximum absolute atomic E-state index is 13.5. The molecule has 0 radical (unpaired) electrons. The Labute approximate surface area is 218 Å². The van der Waals surface area contributed by atoms with Gasteiger partial charge in [0.25, 0.3) is 5.56 Å². The molecule has 7 nitrogen and oxygen atoms in total. The molecule has 0 saturated heterocycles. The van der Waals surface area contributed by atoms with Gasteiger partial charge >= 0.3 is 0 Å². The number of anilines is 1. The van der Waals surface area contributed by atoms with E-state index in [9.17, 15) is 9.59 Å². The smallest absolute Gasteiger partial charge is 0.265 e. The minimum atomic E-state index is -0.280. The minimum Gasteiger partial charge on any atom is -0.325 e. The normalized spacial score (nSPS) is 14.6. The second-order valence-corrected chi connectivity index (χ2v) is 10.3. The summed E-state index contributed by atoms with van der Waals surface area (Å²) in [6.07, 6.45) is 1.76. The Kier molecular flexibility index (Phi) is 5.88. The molecule has 8 heteroatoms. The number of fused-ring (bicyclic) bond motifs is 2. The molecule has 1 aliphatic rings. The number of nitrogens with zero attached hydrogens (tertiary/aromatic N) is 4. The van der Waals surface area contributed by atoms with Crippen LogP contribution in [-0.2, 0) is 4.79 Å². The third kappa shape index (κ3) is 4.23. The van der Waals surface area contributed by atoms with E-state index in [0.717, 1.165) is 33.6 Å². The summed E-state index contributed by atoms with van der Waals surface area (Å²) in [5, 5.41) is 8.62. The van der Waals surface area contributed by atoms with Crippen molar-refractivity contribution in [2.75, 3.05) is 11.1 Å². The number of nitrogens with one attached hydrogen (secondary N) is 1. The maximum Gasteiger partial charge on any atom is 0.265 e. The molecule has 0 bridgehead atoms. The van der Waals surface area contributed by atoms with Gasteiger partial charge in [-0.25, -0.2) is 9.67 Å². The Bertz CT molecular complexity index is 1710. The first kappa shape index (κ1) is 23.2. The van der Waals surface area contributed by atoms with Gasteiger partial charge in [-0.3, -0.25) is 14.2 Å². The summed E-state index contributed by atoms with van der Waals surface area (Å²) in [6.45, 7) is 4.07. The van der Waals surface area contributed by atoms with Crippen molar-refractivity contribution in [1.29, 1.82) is 0 Å². The molecule has 184 valence electrons. The van der Waals surface area contributed by atoms with Gasteiger partial charge in [0.1, 0.15) is 5.39 Å². The zero-order valence-electron chi connectivity index (χ0n) is 20.5. The van der Waals surface area contributed by atoms with E-state index >= 15 is 0 Å². The largest absolute Gasteiger partial charge is 0.325 e. The number of hydrogen-bond acceptors (Lipinski definition) is 5. The molecule has 0 saturated carbocycles. The minimum absolute atomic E-state index is 0.139. The lowest BCUT2D eigenvalue weighted by molar-refractivity contribution is -0.116. The van der Waals surface area contributed by atoms with Crippen molar-refractivity contribution in [3.8, 4) is 16.8 Å². The van der Waals surface area contributed by atoms with Crippen LogP contribution in [0, 0.1) is 13.8 Å². The number of carbonyl (C=O) groups is 1. The van der Waals surface area contributed by atoms with Crippen LogP contribution < -0.4 is 10.9 Å². The molecule has 0 spiro atoms. The van der Waals surface area contributed by atoms with E-state index < -0.39 is 0 Å². The van der Waals surface area contributed by atoms with E-state index in [2.05, 4.69) is 16.5 Å². The summed E-state index contributed by atoms with van der Waals surface area (Å²) >= 11 is 1.50. The van der Waals surface area contributed by atoms with E-state index in [0.29, 0.717) is 21.9 Å². The van der Waals surface area contributed by atoms with Gasteiger partial charge in [0.2, 0.25) is 5.91 Å². The Morgan fingerprint density at radius 3 is 2.65 bits per heavy atom. The summed E-state index contributed by atoms with van der Waals surface area (Å²) in [6, 6.07) is 23.5. The van der Waals surface area contributed by atoms with Crippen LogP contribution in [0.25, 0.3) is 27.8 Å². The molecular weight excluding hydrogens is 482 g/mol. The SMILES string of the molecule is Cc1ccc(-n2ncc3c(=O)n4c(nc32)SCC4CC(=O)Nc2ccccc2-c2ccccc2)c(C)c1. The molecule has 0 aliphatic carbocycles. The van der Waals surface area contributed by atoms with E-state index in [1.165, 1.54) is 11.8 Å². The molecular formula is C29H25N5O2S. The number of para-hydroxylation sites is 1. The lowest BCUT2D eigenvalue weighted by Crippen LogP contribution is -2.27.